The van der Waals surface area contributed by atoms with Gasteiger partial charge in [0.15, 0.2) is 0 Å². The van der Waals surface area contributed by atoms with E-state index in [0.717, 1.165) is 12.1 Å². The summed E-state index contributed by atoms with van der Waals surface area (Å²) in [4.78, 5) is 12.2. The van der Waals surface area contributed by atoms with Crippen molar-refractivity contribution in [1.29, 1.82) is 0 Å². The van der Waals surface area contributed by atoms with Crippen molar-refractivity contribution in [3.05, 3.63) is 71.0 Å². The van der Waals surface area contributed by atoms with Gasteiger partial charge in [-0.3, -0.25) is 0 Å². The van der Waals surface area contributed by atoms with Gasteiger partial charge in [0.25, 0.3) is 0 Å². The number of hydrogen-bond acceptors (Lipinski definition) is 4. The number of amides is 1. The summed E-state index contributed by atoms with van der Waals surface area (Å²) in [6.07, 6.45) is 0.120. The molecule has 1 heterocycles. The second kappa shape index (κ2) is 8.18. The molecule has 0 saturated carbocycles. The predicted molar refractivity (Wildman–Crippen MR) is 105 cm³/mol. The smallest absolute Gasteiger partial charge is 0.407 e. The molecule has 1 saturated heterocycles. The van der Waals surface area contributed by atoms with Crippen LogP contribution in [-0.2, 0) is 10.1 Å². The highest BCUT2D eigenvalue weighted by Gasteiger charge is 2.32. The van der Waals surface area contributed by atoms with E-state index < -0.39 is 62.0 Å². The third-order valence-corrected chi connectivity index (χ3v) is 6.61. The van der Waals surface area contributed by atoms with Crippen molar-refractivity contribution < 1.29 is 44.5 Å². The van der Waals surface area contributed by atoms with Crippen LogP contribution < -0.4 is 4.18 Å². The number of carbonyl (C=O) groups is 1. The zero-order valence-corrected chi connectivity index (χ0v) is 17.3. The molecule has 3 aromatic carbocycles. The first-order valence-corrected chi connectivity index (χ1v) is 10.9. The molecule has 0 bridgehead atoms. The lowest BCUT2D eigenvalue weighted by atomic mass is 9.97. The fourth-order valence-electron chi connectivity index (χ4n) is 3.87. The molecule has 6 nitrogen and oxygen atoms in total. The van der Waals surface area contributed by atoms with Crippen LogP contribution in [0.25, 0.3) is 10.8 Å². The fourth-order valence-corrected chi connectivity index (χ4v) is 4.84. The zero-order chi connectivity index (χ0) is 24.1. The van der Waals surface area contributed by atoms with Gasteiger partial charge in [0.05, 0.1) is 6.04 Å². The summed E-state index contributed by atoms with van der Waals surface area (Å²) in [6.45, 7) is 0.346. The van der Waals surface area contributed by atoms with Crippen LogP contribution in [0.2, 0.25) is 0 Å². The minimum atomic E-state index is -4.99. The number of carboxylic acid groups (broad SMARTS) is 1. The molecular weight excluding hydrogens is 473 g/mol. The highest BCUT2D eigenvalue weighted by Crippen LogP contribution is 2.37. The van der Waals surface area contributed by atoms with Crippen molar-refractivity contribution in [2.75, 3.05) is 6.54 Å². The van der Waals surface area contributed by atoms with Gasteiger partial charge in [-0.05, 0) is 41.3 Å². The van der Waals surface area contributed by atoms with E-state index in [1.54, 1.807) is 12.1 Å². The fraction of sp³-hybridized carbons (Fsp3) is 0.190. The average Bonchev–Trinajstić information content (AvgIpc) is 3.28. The predicted octanol–water partition coefficient (Wildman–Crippen LogP) is 5.12. The Bertz CT molecular complexity index is 1370. The van der Waals surface area contributed by atoms with Crippen LogP contribution in [0.15, 0.2) is 41.3 Å². The third kappa shape index (κ3) is 3.84. The molecular formula is C21H14F5NO5S. The maximum absolute atomic E-state index is 13.9. The van der Waals surface area contributed by atoms with Crippen LogP contribution in [-0.4, -0.2) is 31.1 Å². The molecule has 0 aromatic heterocycles. The quantitative estimate of drug-likeness (QED) is 0.239. The van der Waals surface area contributed by atoms with E-state index in [0.29, 0.717) is 35.7 Å². The van der Waals surface area contributed by atoms with Crippen molar-refractivity contribution in [3.8, 4) is 5.75 Å². The van der Waals surface area contributed by atoms with Crippen molar-refractivity contribution in [1.82, 2.24) is 4.90 Å². The summed E-state index contributed by atoms with van der Waals surface area (Å²) in [5, 5.41) is 10.3. The van der Waals surface area contributed by atoms with Gasteiger partial charge in [-0.15, -0.1) is 0 Å². The summed E-state index contributed by atoms with van der Waals surface area (Å²) in [5.74, 6) is -13.9. The second-order valence-corrected chi connectivity index (χ2v) is 8.85. The van der Waals surface area contributed by atoms with E-state index in [1.807, 2.05) is 0 Å². The highest BCUT2D eigenvalue weighted by molar-refractivity contribution is 7.87. The van der Waals surface area contributed by atoms with Crippen LogP contribution in [0.4, 0.5) is 26.7 Å². The van der Waals surface area contributed by atoms with E-state index in [-0.39, 0.29) is 0 Å². The van der Waals surface area contributed by atoms with E-state index in [9.17, 15) is 40.3 Å². The Balaban J connectivity index is 1.75. The maximum atomic E-state index is 13.9. The topological polar surface area (TPSA) is 83.9 Å². The first kappa shape index (κ1) is 22.8. The van der Waals surface area contributed by atoms with E-state index >= 15 is 0 Å². The zero-order valence-electron chi connectivity index (χ0n) is 16.5. The molecule has 0 aliphatic carbocycles. The normalized spacial score (nSPS) is 16.4. The Morgan fingerprint density at radius 1 is 0.970 bits per heavy atom. The average molecular weight is 487 g/mol. The van der Waals surface area contributed by atoms with Gasteiger partial charge in [0, 0.05) is 6.54 Å². The highest BCUT2D eigenvalue weighted by atomic mass is 32.2. The molecule has 0 radical (unpaired) electrons. The van der Waals surface area contributed by atoms with Crippen LogP contribution in [0.1, 0.15) is 24.4 Å². The van der Waals surface area contributed by atoms with Crippen molar-refractivity contribution in [3.63, 3.8) is 0 Å². The number of nitrogens with zero attached hydrogens (tertiary/aromatic N) is 1. The van der Waals surface area contributed by atoms with E-state index in [4.69, 9.17) is 0 Å². The van der Waals surface area contributed by atoms with E-state index in [1.165, 1.54) is 17.0 Å². The Morgan fingerprint density at radius 3 is 2.24 bits per heavy atom. The Kier molecular flexibility index (Phi) is 5.64. The summed E-state index contributed by atoms with van der Waals surface area (Å²) in [7, 11) is -4.99. The lowest BCUT2D eigenvalue weighted by Crippen LogP contribution is -2.28. The molecule has 4 rings (SSSR count). The number of rotatable bonds is 4. The SMILES string of the molecule is O=C(O)N1CCCC1c1cccc2cc(S(=O)(=O)Oc3c(F)c(F)c(F)c(F)c3F)ccc12. The molecule has 1 aliphatic rings. The van der Waals surface area contributed by atoms with Crippen molar-refractivity contribution in [2.24, 2.45) is 0 Å². The lowest BCUT2D eigenvalue weighted by molar-refractivity contribution is 0.140. The summed E-state index contributed by atoms with van der Waals surface area (Å²) in [6, 6.07) is 7.85. The maximum Gasteiger partial charge on any atom is 0.407 e. The van der Waals surface area contributed by atoms with Gasteiger partial charge >= 0.3 is 16.2 Å². The Morgan fingerprint density at radius 2 is 1.61 bits per heavy atom. The van der Waals surface area contributed by atoms with Gasteiger partial charge < -0.3 is 14.2 Å². The molecule has 3 aromatic rings. The Labute approximate surface area is 183 Å². The molecule has 12 heteroatoms. The first-order valence-electron chi connectivity index (χ1n) is 9.51. The first-order chi connectivity index (χ1) is 15.5. The molecule has 1 unspecified atom stereocenters. The van der Waals surface area contributed by atoms with Crippen molar-refractivity contribution in [2.45, 2.75) is 23.8 Å². The van der Waals surface area contributed by atoms with Gasteiger partial charge in [0.2, 0.25) is 34.8 Å². The standard InChI is InChI=1S/C21H14F5NO5S/c22-15-16(23)18(25)20(19(26)17(15)24)32-33(30,31)11-6-7-12-10(9-11)3-1-4-13(12)14-5-2-8-27(14)21(28)29/h1,3-4,6-7,9,14H,2,5,8H2,(H,28,29). The molecule has 1 N–H and O–H groups in total. The largest absolute Gasteiger partial charge is 0.465 e. The lowest BCUT2D eigenvalue weighted by Gasteiger charge is -2.23. The number of hydrogen-bond donors (Lipinski definition) is 1. The minimum absolute atomic E-state index is 0.340. The van der Waals surface area contributed by atoms with Crippen LogP contribution in [0.5, 0.6) is 5.75 Å². The monoisotopic (exact) mass is 487 g/mol. The third-order valence-electron chi connectivity index (χ3n) is 5.39. The Hall–Kier alpha value is -3.41. The van der Waals surface area contributed by atoms with Gasteiger partial charge in [-0.1, -0.05) is 24.3 Å². The van der Waals surface area contributed by atoms with Gasteiger partial charge in [0.1, 0.15) is 4.90 Å². The molecule has 0 spiro atoms. The van der Waals surface area contributed by atoms with Crippen LogP contribution >= 0.6 is 0 Å². The molecule has 1 atom stereocenters. The van der Waals surface area contributed by atoms with Gasteiger partial charge in [-0.25, -0.2) is 18.0 Å². The minimum Gasteiger partial charge on any atom is -0.465 e. The molecule has 33 heavy (non-hydrogen) atoms. The van der Waals surface area contributed by atoms with Crippen molar-refractivity contribution >= 4 is 27.0 Å². The van der Waals surface area contributed by atoms with E-state index in [2.05, 4.69) is 4.18 Å². The number of benzene rings is 3. The number of likely N-dealkylation sites (tertiary alicyclic amines) is 1. The molecule has 174 valence electrons. The molecule has 1 amide bonds. The number of fused-ring (bicyclic) bond motifs is 1. The summed E-state index contributed by atoms with van der Waals surface area (Å²) >= 11 is 0. The van der Waals surface area contributed by atoms with Gasteiger partial charge in [-0.2, -0.15) is 17.2 Å². The summed E-state index contributed by atoms with van der Waals surface area (Å²) < 4.78 is 97.1. The van der Waals surface area contributed by atoms with Crippen LogP contribution in [0, 0.1) is 29.1 Å². The molecule has 1 fully saturated rings. The number of halogens is 5. The molecule has 1 aliphatic heterocycles. The summed E-state index contributed by atoms with van der Waals surface area (Å²) in [5.41, 5.74) is 0.636. The second-order valence-electron chi connectivity index (χ2n) is 7.30. The van der Waals surface area contributed by atoms with Crippen LogP contribution in [0.3, 0.4) is 0 Å².